The zero-order valence-corrected chi connectivity index (χ0v) is 11.0. The summed E-state index contributed by atoms with van der Waals surface area (Å²) in [5.74, 6) is -0.911. The first-order valence-electron chi connectivity index (χ1n) is 6.25. The van der Waals surface area contributed by atoms with E-state index in [-0.39, 0.29) is 36.9 Å². The molecule has 1 unspecified atom stereocenters. The largest absolute Gasteiger partial charge is 0.463 e. The molecule has 1 saturated carbocycles. The maximum atomic E-state index is 10.6. The minimum absolute atomic E-state index is 0.0736. The summed E-state index contributed by atoms with van der Waals surface area (Å²) in [5, 5.41) is 0. The molecule has 0 aromatic carbocycles. The van der Waals surface area contributed by atoms with Crippen LogP contribution in [0.5, 0.6) is 0 Å². The lowest BCUT2D eigenvalue weighted by atomic mass is 10.2. The smallest absolute Gasteiger partial charge is 0.302 e. The normalized spacial score (nSPS) is 37.6. The van der Waals surface area contributed by atoms with Crippen LogP contribution < -0.4 is 5.73 Å². The molecule has 2 N–H and O–H groups in total. The summed E-state index contributed by atoms with van der Waals surface area (Å²) in [6.45, 7) is 5.71. The molecule has 18 heavy (non-hydrogen) atoms. The fourth-order valence-electron chi connectivity index (χ4n) is 2.52. The van der Waals surface area contributed by atoms with Gasteiger partial charge in [-0.05, 0) is 20.3 Å². The third-order valence-electron chi connectivity index (χ3n) is 3.18. The predicted molar refractivity (Wildman–Crippen MR) is 62.8 cm³/mol. The summed E-state index contributed by atoms with van der Waals surface area (Å²) in [6.07, 6.45) is 0.360. The first kappa shape index (κ1) is 13.7. The molecule has 0 radical (unpaired) electrons. The summed E-state index contributed by atoms with van der Waals surface area (Å²) in [5.41, 5.74) is 6.01. The van der Waals surface area contributed by atoms with Gasteiger partial charge in [-0.25, -0.2) is 0 Å². The summed E-state index contributed by atoms with van der Waals surface area (Å²) >= 11 is 0. The zero-order chi connectivity index (χ0) is 13.3. The molecule has 6 nitrogen and oxygen atoms in total. The maximum Gasteiger partial charge on any atom is 0.302 e. The van der Waals surface area contributed by atoms with E-state index in [1.807, 2.05) is 13.8 Å². The van der Waals surface area contributed by atoms with Crippen LogP contribution >= 0.6 is 0 Å². The second-order valence-corrected chi connectivity index (χ2v) is 5.21. The van der Waals surface area contributed by atoms with Gasteiger partial charge in [0, 0.05) is 13.0 Å². The van der Waals surface area contributed by atoms with Gasteiger partial charge in [-0.2, -0.15) is 0 Å². The molecule has 2 fully saturated rings. The fourth-order valence-corrected chi connectivity index (χ4v) is 2.52. The van der Waals surface area contributed by atoms with Gasteiger partial charge >= 0.3 is 5.97 Å². The lowest BCUT2D eigenvalue weighted by Crippen LogP contribution is -2.35. The van der Waals surface area contributed by atoms with Crippen LogP contribution in [0.15, 0.2) is 0 Å². The SMILES string of the molecule is CC(=O)OCCOC1C[C@@H](N)[C@@H]2OC(C)(C)O[C@H]12. The van der Waals surface area contributed by atoms with Gasteiger partial charge in [-0.3, -0.25) is 4.79 Å². The Kier molecular flexibility index (Phi) is 3.91. The highest BCUT2D eigenvalue weighted by Crippen LogP contribution is 2.38. The van der Waals surface area contributed by atoms with Crippen molar-refractivity contribution in [2.75, 3.05) is 13.2 Å². The van der Waals surface area contributed by atoms with Gasteiger partial charge in [0.2, 0.25) is 0 Å². The number of ether oxygens (including phenoxy) is 4. The van der Waals surface area contributed by atoms with Crippen LogP contribution in [-0.4, -0.2) is 49.3 Å². The average Bonchev–Trinajstić information content (AvgIpc) is 2.70. The van der Waals surface area contributed by atoms with Crippen molar-refractivity contribution in [3.8, 4) is 0 Å². The van der Waals surface area contributed by atoms with Crippen LogP contribution in [0.3, 0.4) is 0 Å². The van der Waals surface area contributed by atoms with Crippen LogP contribution in [0, 0.1) is 0 Å². The number of hydrogen-bond acceptors (Lipinski definition) is 6. The van der Waals surface area contributed by atoms with Crippen molar-refractivity contribution < 1.29 is 23.7 Å². The van der Waals surface area contributed by atoms with Gasteiger partial charge in [-0.1, -0.05) is 0 Å². The minimum Gasteiger partial charge on any atom is -0.463 e. The molecule has 1 aliphatic carbocycles. The molecule has 6 heteroatoms. The van der Waals surface area contributed by atoms with E-state index in [0.717, 1.165) is 0 Å². The number of carbonyl (C=O) groups excluding carboxylic acids is 1. The summed E-state index contributed by atoms with van der Waals surface area (Å²) in [7, 11) is 0. The van der Waals surface area contributed by atoms with Crippen LogP contribution in [0.25, 0.3) is 0 Å². The van der Waals surface area contributed by atoms with Crippen molar-refractivity contribution in [3.05, 3.63) is 0 Å². The molecular weight excluding hydrogens is 238 g/mol. The fraction of sp³-hybridized carbons (Fsp3) is 0.917. The maximum absolute atomic E-state index is 10.6. The van der Waals surface area contributed by atoms with Crippen LogP contribution in [0.1, 0.15) is 27.2 Å². The minimum atomic E-state index is -0.606. The van der Waals surface area contributed by atoms with E-state index in [0.29, 0.717) is 13.0 Å². The molecule has 0 amide bonds. The topological polar surface area (TPSA) is 80.0 Å². The Bertz CT molecular complexity index is 320. The highest BCUT2D eigenvalue weighted by atomic mass is 16.8. The van der Waals surface area contributed by atoms with E-state index in [1.165, 1.54) is 6.92 Å². The quantitative estimate of drug-likeness (QED) is 0.573. The van der Waals surface area contributed by atoms with Gasteiger partial charge in [-0.15, -0.1) is 0 Å². The molecule has 1 aliphatic heterocycles. The molecule has 1 heterocycles. The number of hydrogen-bond donors (Lipinski definition) is 1. The average molecular weight is 259 g/mol. The lowest BCUT2D eigenvalue weighted by molar-refractivity contribution is -0.169. The Balaban J connectivity index is 1.81. The monoisotopic (exact) mass is 259 g/mol. The van der Waals surface area contributed by atoms with Crippen LogP contribution in [0.2, 0.25) is 0 Å². The third-order valence-corrected chi connectivity index (χ3v) is 3.18. The predicted octanol–water partition coefficient (Wildman–Crippen LogP) is 0.186. The summed E-state index contributed by atoms with van der Waals surface area (Å²) in [4.78, 5) is 10.6. The molecule has 0 bridgehead atoms. The summed E-state index contributed by atoms with van der Waals surface area (Å²) in [6, 6.07) is -0.0736. The highest BCUT2D eigenvalue weighted by molar-refractivity contribution is 5.65. The number of nitrogens with two attached hydrogens (primary N) is 1. The number of carbonyl (C=O) groups is 1. The van der Waals surface area contributed by atoms with Crippen LogP contribution in [-0.2, 0) is 23.7 Å². The van der Waals surface area contributed by atoms with Gasteiger partial charge in [0.25, 0.3) is 0 Å². The molecule has 2 aliphatic rings. The van der Waals surface area contributed by atoms with Crippen molar-refractivity contribution >= 4 is 5.97 Å². The van der Waals surface area contributed by atoms with Gasteiger partial charge < -0.3 is 24.7 Å². The molecule has 0 spiro atoms. The van der Waals surface area contributed by atoms with Crippen molar-refractivity contribution in [2.45, 2.75) is 57.3 Å². The van der Waals surface area contributed by atoms with E-state index in [9.17, 15) is 4.79 Å². The van der Waals surface area contributed by atoms with E-state index in [4.69, 9.17) is 24.7 Å². The van der Waals surface area contributed by atoms with E-state index < -0.39 is 5.79 Å². The van der Waals surface area contributed by atoms with Crippen molar-refractivity contribution in [2.24, 2.45) is 5.73 Å². The second kappa shape index (κ2) is 5.13. The van der Waals surface area contributed by atoms with E-state index >= 15 is 0 Å². The first-order chi connectivity index (χ1) is 8.39. The van der Waals surface area contributed by atoms with Crippen molar-refractivity contribution in [1.29, 1.82) is 0 Å². The number of rotatable bonds is 4. The second-order valence-electron chi connectivity index (χ2n) is 5.21. The molecule has 1 saturated heterocycles. The molecule has 0 aromatic heterocycles. The Morgan fingerprint density at radius 3 is 2.67 bits per heavy atom. The molecular formula is C12H21NO5. The summed E-state index contributed by atoms with van der Waals surface area (Å²) < 4.78 is 22.0. The van der Waals surface area contributed by atoms with Crippen molar-refractivity contribution in [1.82, 2.24) is 0 Å². The Morgan fingerprint density at radius 1 is 1.33 bits per heavy atom. The number of esters is 1. The molecule has 4 atom stereocenters. The third kappa shape index (κ3) is 3.00. The van der Waals surface area contributed by atoms with Gasteiger partial charge in [0.05, 0.1) is 12.7 Å². The van der Waals surface area contributed by atoms with E-state index in [1.54, 1.807) is 0 Å². The van der Waals surface area contributed by atoms with Crippen LogP contribution in [0.4, 0.5) is 0 Å². The van der Waals surface area contributed by atoms with E-state index in [2.05, 4.69) is 0 Å². The number of fused-ring (bicyclic) bond motifs is 1. The van der Waals surface area contributed by atoms with Gasteiger partial charge in [0.15, 0.2) is 5.79 Å². The lowest BCUT2D eigenvalue weighted by Gasteiger charge is -2.22. The highest BCUT2D eigenvalue weighted by Gasteiger charge is 2.53. The molecule has 104 valence electrons. The zero-order valence-electron chi connectivity index (χ0n) is 11.0. The van der Waals surface area contributed by atoms with Crippen molar-refractivity contribution in [3.63, 3.8) is 0 Å². The Labute approximate surface area is 107 Å². The standard InChI is InChI=1S/C12H21NO5/c1-7(14)15-4-5-16-9-6-8(13)10-11(9)18-12(2,3)17-10/h8-11H,4-6,13H2,1-3H3/t8-,9?,10+,11-/m1/s1. The van der Waals surface area contributed by atoms with Gasteiger partial charge in [0.1, 0.15) is 18.8 Å². The molecule has 0 aromatic rings. The Morgan fingerprint density at radius 2 is 2.00 bits per heavy atom. The Hall–Kier alpha value is -0.690. The molecule has 2 rings (SSSR count). The first-order valence-corrected chi connectivity index (χ1v) is 6.25.